The molecule has 0 fully saturated rings. The van der Waals surface area contributed by atoms with Crippen molar-refractivity contribution < 1.29 is 4.79 Å². The number of thiazole rings is 1. The average Bonchev–Trinajstić information content (AvgIpc) is 2.35. The molecule has 0 saturated heterocycles. The second-order valence-electron chi connectivity index (χ2n) is 2.82. The summed E-state index contributed by atoms with van der Waals surface area (Å²) in [6, 6.07) is 0. The number of hydrogen-bond donors (Lipinski definition) is 0. The summed E-state index contributed by atoms with van der Waals surface area (Å²) in [6.07, 6.45) is 0.414. The fourth-order valence-corrected chi connectivity index (χ4v) is 1.42. The standard InChI is InChI=1S/C8H12N2OS/c1-6-9-7(5-12-6)4-8(11)10(2)3/h5H,4H2,1-3H3. The van der Waals surface area contributed by atoms with Crippen molar-refractivity contribution in [1.82, 2.24) is 9.88 Å². The van der Waals surface area contributed by atoms with Crippen LogP contribution in [0.1, 0.15) is 10.7 Å². The largest absolute Gasteiger partial charge is 0.348 e. The van der Waals surface area contributed by atoms with E-state index in [4.69, 9.17) is 0 Å². The first kappa shape index (κ1) is 9.19. The van der Waals surface area contributed by atoms with Crippen LogP contribution in [0.3, 0.4) is 0 Å². The van der Waals surface area contributed by atoms with E-state index < -0.39 is 0 Å². The SMILES string of the molecule is Cc1nc(CC(=O)N(C)C)cs1. The maximum absolute atomic E-state index is 11.2. The van der Waals surface area contributed by atoms with Gasteiger partial charge in [0.25, 0.3) is 0 Å². The van der Waals surface area contributed by atoms with Gasteiger partial charge in [0.2, 0.25) is 5.91 Å². The summed E-state index contributed by atoms with van der Waals surface area (Å²) in [6.45, 7) is 1.94. The molecule has 1 aromatic rings. The number of hydrogen-bond acceptors (Lipinski definition) is 3. The van der Waals surface area contributed by atoms with Gasteiger partial charge in [-0.25, -0.2) is 4.98 Å². The summed E-state index contributed by atoms with van der Waals surface area (Å²) in [5.74, 6) is 0.0975. The van der Waals surface area contributed by atoms with E-state index >= 15 is 0 Å². The first-order valence-electron chi connectivity index (χ1n) is 3.70. The molecule has 0 radical (unpaired) electrons. The van der Waals surface area contributed by atoms with Crippen LogP contribution >= 0.6 is 11.3 Å². The molecule has 0 N–H and O–H groups in total. The molecule has 66 valence electrons. The number of aryl methyl sites for hydroxylation is 1. The molecular formula is C8H12N2OS. The summed E-state index contributed by atoms with van der Waals surface area (Å²) in [4.78, 5) is 17.0. The van der Waals surface area contributed by atoms with Crippen LogP contribution in [0, 0.1) is 6.92 Å². The van der Waals surface area contributed by atoms with Gasteiger partial charge < -0.3 is 4.90 Å². The number of nitrogens with zero attached hydrogens (tertiary/aromatic N) is 2. The highest BCUT2D eigenvalue weighted by atomic mass is 32.1. The Labute approximate surface area is 76.0 Å². The lowest BCUT2D eigenvalue weighted by atomic mass is 10.3. The number of carbonyl (C=O) groups excluding carboxylic acids is 1. The van der Waals surface area contributed by atoms with Crippen LogP contribution in [-0.4, -0.2) is 29.9 Å². The minimum atomic E-state index is 0.0975. The van der Waals surface area contributed by atoms with Crippen molar-refractivity contribution in [3.63, 3.8) is 0 Å². The maximum Gasteiger partial charge on any atom is 0.228 e. The molecular weight excluding hydrogens is 172 g/mol. The van der Waals surface area contributed by atoms with Gasteiger partial charge in [-0.2, -0.15) is 0 Å². The van der Waals surface area contributed by atoms with Gasteiger partial charge >= 0.3 is 0 Å². The summed E-state index contributed by atoms with van der Waals surface area (Å²) in [7, 11) is 3.50. The lowest BCUT2D eigenvalue weighted by Gasteiger charge is -2.07. The minimum Gasteiger partial charge on any atom is -0.348 e. The first-order chi connectivity index (χ1) is 5.59. The Morgan fingerprint density at radius 3 is 2.75 bits per heavy atom. The highest BCUT2D eigenvalue weighted by Crippen LogP contribution is 2.08. The molecule has 1 aromatic heterocycles. The van der Waals surface area contributed by atoms with Crippen LogP contribution in [0.15, 0.2) is 5.38 Å². The molecule has 12 heavy (non-hydrogen) atoms. The quantitative estimate of drug-likeness (QED) is 0.689. The Morgan fingerprint density at radius 2 is 2.33 bits per heavy atom. The fourth-order valence-electron chi connectivity index (χ4n) is 0.802. The summed E-state index contributed by atoms with van der Waals surface area (Å²) < 4.78 is 0. The van der Waals surface area contributed by atoms with Gasteiger partial charge in [-0.1, -0.05) is 0 Å². The van der Waals surface area contributed by atoms with Gasteiger partial charge in [0.05, 0.1) is 17.1 Å². The molecule has 0 aromatic carbocycles. The van der Waals surface area contributed by atoms with Crippen LogP contribution in [-0.2, 0) is 11.2 Å². The zero-order chi connectivity index (χ0) is 9.14. The predicted octanol–water partition coefficient (Wildman–Crippen LogP) is 1.08. The third kappa shape index (κ3) is 2.30. The molecule has 0 spiro atoms. The van der Waals surface area contributed by atoms with Crippen LogP contribution in [0.2, 0.25) is 0 Å². The number of amides is 1. The van der Waals surface area contributed by atoms with Crippen LogP contribution in [0.4, 0.5) is 0 Å². The van der Waals surface area contributed by atoms with Crippen molar-refractivity contribution in [2.45, 2.75) is 13.3 Å². The Kier molecular flexibility index (Phi) is 2.81. The first-order valence-corrected chi connectivity index (χ1v) is 4.58. The van der Waals surface area contributed by atoms with Crippen LogP contribution in [0.5, 0.6) is 0 Å². The molecule has 0 bridgehead atoms. The molecule has 1 amide bonds. The van der Waals surface area contributed by atoms with Crippen molar-refractivity contribution in [2.24, 2.45) is 0 Å². The minimum absolute atomic E-state index is 0.0975. The maximum atomic E-state index is 11.2. The molecule has 0 atom stereocenters. The van der Waals surface area contributed by atoms with Gasteiger partial charge in [0, 0.05) is 19.5 Å². The van der Waals surface area contributed by atoms with E-state index in [9.17, 15) is 4.79 Å². The van der Waals surface area contributed by atoms with E-state index in [1.165, 1.54) is 0 Å². The summed E-state index contributed by atoms with van der Waals surface area (Å²) in [5.41, 5.74) is 0.871. The van der Waals surface area contributed by atoms with Gasteiger partial charge in [0.15, 0.2) is 0 Å². The van der Waals surface area contributed by atoms with Crippen LogP contribution in [0.25, 0.3) is 0 Å². The number of carbonyl (C=O) groups is 1. The van der Waals surface area contributed by atoms with Crippen molar-refractivity contribution in [1.29, 1.82) is 0 Å². The van der Waals surface area contributed by atoms with Gasteiger partial charge in [-0.3, -0.25) is 4.79 Å². The Hall–Kier alpha value is -0.900. The predicted molar refractivity (Wildman–Crippen MR) is 49.2 cm³/mol. The van der Waals surface area contributed by atoms with E-state index in [1.807, 2.05) is 12.3 Å². The Bertz CT molecular complexity index is 280. The van der Waals surface area contributed by atoms with E-state index in [0.717, 1.165) is 10.7 Å². The van der Waals surface area contributed by atoms with Gasteiger partial charge in [0.1, 0.15) is 0 Å². The van der Waals surface area contributed by atoms with E-state index in [0.29, 0.717) is 6.42 Å². The van der Waals surface area contributed by atoms with E-state index in [-0.39, 0.29) is 5.91 Å². The molecule has 1 heterocycles. The normalized spacial score (nSPS) is 9.92. The lowest BCUT2D eigenvalue weighted by molar-refractivity contribution is -0.128. The van der Waals surface area contributed by atoms with Gasteiger partial charge in [-0.15, -0.1) is 11.3 Å². The van der Waals surface area contributed by atoms with Crippen LogP contribution < -0.4 is 0 Å². The average molecular weight is 184 g/mol. The molecule has 4 heteroatoms. The van der Waals surface area contributed by atoms with E-state index in [1.54, 1.807) is 30.3 Å². The number of aromatic nitrogens is 1. The zero-order valence-electron chi connectivity index (χ0n) is 7.50. The molecule has 0 unspecified atom stereocenters. The fraction of sp³-hybridized carbons (Fsp3) is 0.500. The zero-order valence-corrected chi connectivity index (χ0v) is 8.31. The molecule has 1 rings (SSSR count). The third-order valence-corrected chi connectivity index (χ3v) is 2.32. The number of rotatable bonds is 2. The van der Waals surface area contributed by atoms with E-state index in [2.05, 4.69) is 4.98 Å². The smallest absolute Gasteiger partial charge is 0.228 e. The second-order valence-corrected chi connectivity index (χ2v) is 3.89. The Morgan fingerprint density at radius 1 is 1.67 bits per heavy atom. The summed E-state index contributed by atoms with van der Waals surface area (Å²) in [5, 5.41) is 2.94. The lowest BCUT2D eigenvalue weighted by Crippen LogP contribution is -2.23. The highest BCUT2D eigenvalue weighted by molar-refractivity contribution is 7.09. The third-order valence-electron chi connectivity index (χ3n) is 1.50. The second kappa shape index (κ2) is 3.67. The topological polar surface area (TPSA) is 33.2 Å². The van der Waals surface area contributed by atoms with Crippen molar-refractivity contribution in [3.8, 4) is 0 Å². The molecule has 0 aliphatic heterocycles. The number of likely N-dealkylation sites (N-methyl/N-ethyl adjacent to an activating group) is 1. The molecule has 0 saturated carbocycles. The molecule has 0 aliphatic rings. The molecule has 0 aliphatic carbocycles. The highest BCUT2D eigenvalue weighted by Gasteiger charge is 2.07. The van der Waals surface area contributed by atoms with Crippen molar-refractivity contribution >= 4 is 17.2 Å². The van der Waals surface area contributed by atoms with Crippen molar-refractivity contribution in [3.05, 3.63) is 16.1 Å². The summed E-state index contributed by atoms with van der Waals surface area (Å²) >= 11 is 1.58. The monoisotopic (exact) mass is 184 g/mol. The van der Waals surface area contributed by atoms with Gasteiger partial charge in [-0.05, 0) is 6.92 Å². The van der Waals surface area contributed by atoms with Crippen molar-refractivity contribution in [2.75, 3.05) is 14.1 Å². The Balaban J connectivity index is 2.58. The molecule has 3 nitrogen and oxygen atoms in total.